The van der Waals surface area contributed by atoms with Gasteiger partial charge in [-0.1, -0.05) is 12.1 Å². The number of rotatable bonds is 5. The molecule has 7 nitrogen and oxygen atoms in total. The number of likely N-dealkylation sites (N-methyl/N-ethyl adjacent to an activating group) is 2. The standard InChI is InChI=1S/C16H19N5O2/c1-19(2)15(22)11-20(3)10-14-18-13-7-5-4-6-12(13)16(23)21(14)9-8-17/h4-7H,9-11H2,1-3H3. The molecule has 120 valence electrons. The van der Waals surface area contributed by atoms with Crippen LogP contribution in [-0.2, 0) is 17.9 Å². The zero-order valence-electron chi connectivity index (χ0n) is 13.5. The van der Waals surface area contributed by atoms with Crippen LogP contribution in [-0.4, -0.2) is 52.9 Å². The van der Waals surface area contributed by atoms with Crippen molar-refractivity contribution in [1.29, 1.82) is 5.26 Å². The van der Waals surface area contributed by atoms with E-state index >= 15 is 0 Å². The van der Waals surface area contributed by atoms with Crippen molar-refractivity contribution in [3.8, 4) is 6.07 Å². The molecule has 0 saturated carbocycles. The van der Waals surface area contributed by atoms with Crippen LogP contribution < -0.4 is 5.56 Å². The number of fused-ring (bicyclic) bond motifs is 1. The number of nitrogens with zero attached hydrogens (tertiary/aromatic N) is 5. The summed E-state index contributed by atoms with van der Waals surface area (Å²) in [6, 6.07) is 9.03. The third kappa shape index (κ3) is 3.73. The Kier molecular flexibility index (Phi) is 5.09. The number of carbonyl (C=O) groups is 1. The summed E-state index contributed by atoms with van der Waals surface area (Å²) in [6.07, 6.45) is 0. The molecular weight excluding hydrogens is 294 g/mol. The molecule has 0 fully saturated rings. The van der Waals surface area contributed by atoms with Crippen molar-refractivity contribution in [3.63, 3.8) is 0 Å². The number of aromatic nitrogens is 2. The van der Waals surface area contributed by atoms with Gasteiger partial charge in [-0.25, -0.2) is 4.98 Å². The fraction of sp³-hybridized carbons (Fsp3) is 0.375. The monoisotopic (exact) mass is 313 g/mol. The number of carbonyl (C=O) groups excluding carboxylic acids is 1. The van der Waals surface area contributed by atoms with Gasteiger partial charge in [0.15, 0.2) is 0 Å². The van der Waals surface area contributed by atoms with E-state index in [2.05, 4.69) is 4.98 Å². The second-order valence-electron chi connectivity index (χ2n) is 5.56. The number of hydrogen-bond acceptors (Lipinski definition) is 5. The van der Waals surface area contributed by atoms with Crippen molar-refractivity contribution in [3.05, 3.63) is 40.4 Å². The Labute approximate surface area is 134 Å². The van der Waals surface area contributed by atoms with Crippen LogP contribution in [0.5, 0.6) is 0 Å². The second-order valence-corrected chi connectivity index (χ2v) is 5.56. The van der Waals surface area contributed by atoms with Crippen molar-refractivity contribution in [2.75, 3.05) is 27.7 Å². The SMILES string of the molecule is CN(CC(=O)N(C)C)Cc1nc2ccccc2c(=O)n1CC#N. The van der Waals surface area contributed by atoms with Crippen LogP contribution in [0.3, 0.4) is 0 Å². The van der Waals surface area contributed by atoms with Gasteiger partial charge in [-0.05, 0) is 19.2 Å². The lowest BCUT2D eigenvalue weighted by molar-refractivity contribution is -0.129. The maximum atomic E-state index is 12.5. The molecule has 1 amide bonds. The van der Waals surface area contributed by atoms with Crippen molar-refractivity contribution in [1.82, 2.24) is 19.4 Å². The topological polar surface area (TPSA) is 82.2 Å². The Bertz CT molecular complexity index is 819. The van der Waals surface area contributed by atoms with E-state index in [9.17, 15) is 9.59 Å². The van der Waals surface area contributed by atoms with E-state index < -0.39 is 0 Å². The van der Waals surface area contributed by atoms with Gasteiger partial charge >= 0.3 is 0 Å². The first kappa shape index (κ1) is 16.6. The minimum atomic E-state index is -0.237. The van der Waals surface area contributed by atoms with Gasteiger partial charge in [0.25, 0.3) is 5.56 Å². The van der Waals surface area contributed by atoms with Gasteiger partial charge < -0.3 is 4.90 Å². The molecule has 1 heterocycles. The smallest absolute Gasteiger partial charge is 0.262 e. The summed E-state index contributed by atoms with van der Waals surface area (Å²) in [5, 5.41) is 9.47. The van der Waals surface area contributed by atoms with Crippen molar-refractivity contribution < 1.29 is 4.79 Å². The average Bonchev–Trinajstić information content (AvgIpc) is 2.51. The van der Waals surface area contributed by atoms with Gasteiger partial charge in [-0.3, -0.25) is 19.1 Å². The highest BCUT2D eigenvalue weighted by molar-refractivity contribution is 5.78. The normalized spacial score (nSPS) is 10.7. The van der Waals surface area contributed by atoms with Crippen LogP contribution in [0.25, 0.3) is 10.9 Å². The predicted octanol–water partition coefficient (Wildman–Crippen LogP) is 0.440. The minimum absolute atomic E-state index is 0.0394. The van der Waals surface area contributed by atoms with Crippen LogP contribution in [0, 0.1) is 11.3 Å². The minimum Gasteiger partial charge on any atom is -0.348 e. The lowest BCUT2D eigenvalue weighted by atomic mass is 10.2. The molecule has 0 atom stereocenters. The molecule has 0 aliphatic heterocycles. The lowest BCUT2D eigenvalue weighted by Gasteiger charge is -2.20. The molecule has 0 saturated heterocycles. The van der Waals surface area contributed by atoms with Crippen LogP contribution in [0.2, 0.25) is 0 Å². The van der Waals surface area contributed by atoms with Crippen LogP contribution in [0.15, 0.2) is 29.1 Å². The first-order valence-corrected chi connectivity index (χ1v) is 7.18. The highest BCUT2D eigenvalue weighted by atomic mass is 16.2. The number of hydrogen-bond donors (Lipinski definition) is 0. The van der Waals surface area contributed by atoms with E-state index in [4.69, 9.17) is 5.26 Å². The Morgan fingerprint density at radius 1 is 1.30 bits per heavy atom. The third-order valence-electron chi connectivity index (χ3n) is 3.48. The molecule has 7 heteroatoms. The molecule has 0 radical (unpaired) electrons. The summed E-state index contributed by atoms with van der Waals surface area (Å²) in [7, 11) is 5.16. The first-order chi connectivity index (χ1) is 10.9. The average molecular weight is 313 g/mol. The van der Waals surface area contributed by atoms with E-state index in [-0.39, 0.29) is 24.6 Å². The molecule has 0 aliphatic rings. The van der Waals surface area contributed by atoms with Crippen LogP contribution in [0.4, 0.5) is 0 Å². The molecule has 0 N–H and O–H groups in total. The maximum Gasteiger partial charge on any atom is 0.262 e. The van der Waals surface area contributed by atoms with Gasteiger partial charge in [0.05, 0.1) is 30.1 Å². The molecular formula is C16H19N5O2. The lowest BCUT2D eigenvalue weighted by Crippen LogP contribution is -2.36. The van der Waals surface area contributed by atoms with Gasteiger partial charge in [-0.15, -0.1) is 0 Å². The van der Waals surface area contributed by atoms with Gasteiger partial charge in [0, 0.05) is 14.1 Å². The van der Waals surface area contributed by atoms with Gasteiger partial charge in [-0.2, -0.15) is 5.26 Å². The molecule has 2 aromatic rings. The highest BCUT2D eigenvalue weighted by Gasteiger charge is 2.14. The Balaban J connectivity index is 2.39. The van der Waals surface area contributed by atoms with E-state index in [0.29, 0.717) is 23.3 Å². The van der Waals surface area contributed by atoms with Crippen molar-refractivity contribution >= 4 is 16.8 Å². The van der Waals surface area contributed by atoms with Crippen LogP contribution in [0.1, 0.15) is 5.82 Å². The van der Waals surface area contributed by atoms with E-state index in [1.165, 1.54) is 9.47 Å². The zero-order chi connectivity index (χ0) is 17.0. The highest BCUT2D eigenvalue weighted by Crippen LogP contribution is 2.09. The largest absolute Gasteiger partial charge is 0.348 e. The summed E-state index contributed by atoms with van der Waals surface area (Å²) in [6.45, 7) is 0.449. The number of nitriles is 1. The number of benzene rings is 1. The van der Waals surface area contributed by atoms with Gasteiger partial charge in [0.1, 0.15) is 12.4 Å². The Hall–Kier alpha value is -2.72. The first-order valence-electron chi connectivity index (χ1n) is 7.18. The molecule has 1 aromatic heterocycles. The van der Waals surface area contributed by atoms with E-state index in [1.54, 1.807) is 44.2 Å². The molecule has 2 rings (SSSR count). The molecule has 23 heavy (non-hydrogen) atoms. The quantitative estimate of drug-likeness (QED) is 0.800. The molecule has 0 bridgehead atoms. The fourth-order valence-electron chi connectivity index (χ4n) is 2.24. The fourth-order valence-corrected chi connectivity index (χ4v) is 2.24. The maximum absolute atomic E-state index is 12.5. The van der Waals surface area contributed by atoms with Crippen molar-refractivity contribution in [2.24, 2.45) is 0 Å². The second kappa shape index (κ2) is 7.03. The summed E-state index contributed by atoms with van der Waals surface area (Å²) in [4.78, 5) is 32.1. The summed E-state index contributed by atoms with van der Waals surface area (Å²) in [5.74, 6) is 0.437. The summed E-state index contributed by atoms with van der Waals surface area (Å²) >= 11 is 0. The molecule has 1 aromatic carbocycles. The zero-order valence-corrected chi connectivity index (χ0v) is 13.5. The Morgan fingerprint density at radius 2 is 2.00 bits per heavy atom. The van der Waals surface area contributed by atoms with E-state index in [1.807, 2.05) is 12.1 Å². The van der Waals surface area contributed by atoms with Gasteiger partial charge in [0.2, 0.25) is 5.91 Å². The van der Waals surface area contributed by atoms with E-state index in [0.717, 1.165) is 0 Å². The molecule has 0 spiro atoms. The van der Waals surface area contributed by atoms with Crippen LogP contribution >= 0.6 is 0 Å². The molecule has 0 unspecified atom stereocenters. The number of amides is 1. The summed E-state index contributed by atoms with van der Waals surface area (Å²) in [5.41, 5.74) is 0.355. The van der Waals surface area contributed by atoms with Crippen molar-refractivity contribution in [2.45, 2.75) is 13.1 Å². The third-order valence-corrected chi connectivity index (χ3v) is 3.48. The summed E-state index contributed by atoms with van der Waals surface area (Å²) < 4.78 is 1.36. The Morgan fingerprint density at radius 3 is 2.65 bits per heavy atom. The number of para-hydroxylation sites is 1. The predicted molar refractivity (Wildman–Crippen MR) is 86.6 cm³/mol. The molecule has 0 aliphatic carbocycles.